The van der Waals surface area contributed by atoms with Crippen molar-refractivity contribution in [3.63, 3.8) is 0 Å². The van der Waals surface area contributed by atoms with E-state index in [0.29, 0.717) is 16.9 Å². The smallest absolute Gasteiger partial charge is 0.337 e. The second-order valence-electron chi connectivity index (χ2n) is 5.30. The van der Waals surface area contributed by atoms with E-state index in [1.165, 1.54) is 20.2 Å². The lowest BCUT2D eigenvalue weighted by molar-refractivity contribution is -0.122. The van der Waals surface area contributed by atoms with E-state index < -0.39 is 5.97 Å². The molecule has 0 bridgehead atoms. The van der Waals surface area contributed by atoms with E-state index in [0.717, 1.165) is 5.56 Å². The van der Waals surface area contributed by atoms with E-state index in [-0.39, 0.29) is 18.3 Å². The maximum atomic E-state index is 12.2. The van der Waals surface area contributed by atoms with Crippen LogP contribution in [0.3, 0.4) is 0 Å². The average Bonchev–Trinajstić information content (AvgIpc) is 2.70. The zero-order chi connectivity index (χ0) is 18.9. The van der Waals surface area contributed by atoms with Crippen molar-refractivity contribution < 1.29 is 23.9 Å². The largest absolute Gasteiger partial charge is 0.484 e. The van der Waals surface area contributed by atoms with Crippen molar-refractivity contribution >= 4 is 23.7 Å². The molecule has 0 fully saturated rings. The first-order chi connectivity index (χ1) is 12.5. The summed E-state index contributed by atoms with van der Waals surface area (Å²) in [6.45, 7) is -0.0781. The highest BCUT2D eigenvalue weighted by atomic mass is 16.5. The molecule has 2 aromatic carbocycles. The van der Waals surface area contributed by atoms with Crippen LogP contribution < -0.4 is 10.1 Å². The summed E-state index contributed by atoms with van der Waals surface area (Å²) in [5, 5.41) is 2.46. The third kappa shape index (κ3) is 5.31. The van der Waals surface area contributed by atoms with Crippen LogP contribution in [0.4, 0.5) is 0 Å². The Bertz CT molecular complexity index is 807. The fourth-order valence-electron chi connectivity index (χ4n) is 2.05. The summed E-state index contributed by atoms with van der Waals surface area (Å²) in [5.74, 6) is -0.297. The van der Waals surface area contributed by atoms with E-state index in [9.17, 15) is 14.4 Å². The summed E-state index contributed by atoms with van der Waals surface area (Å²) in [4.78, 5) is 34.7. The van der Waals surface area contributed by atoms with Crippen LogP contribution >= 0.6 is 0 Å². The van der Waals surface area contributed by atoms with Crippen molar-refractivity contribution in [3.8, 4) is 5.75 Å². The Hall–Kier alpha value is -3.41. The number of allylic oxidation sites excluding steroid dienone is 1. The molecule has 6 nitrogen and oxygen atoms in total. The minimum atomic E-state index is -0.407. The Kier molecular flexibility index (Phi) is 6.68. The zero-order valence-corrected chi connectivity index (χ0v) is 14.5. The van der Waals surface area contributed by atoms with E-state index in [4.69, 9.17) is 4.74 Å². The van der Waals surface area contributed by atoms with Crippen LogP contribution in [0.5, 0.6) is 5.75 Å². The molecule has 0 radical (unpaired) electrons. The van der Waals surface area contributed by atoms with Gasteiger partial charge in [-0.05, 0) is 48.0 Å². The Morgan fingerprint density at radius 3 is 2.15 bits per heavy atom. The van der Waals surface area contributed by atoms with Crippen molar-refractivity contribution in [3.05, 3.63) is 71.3 Å². The van der Waals surface area contributed by atoms with Crippen LogP contribution in [0, 0.1) is 0 Å². The molecule has 0 aliphatic rings. The van der Waals surface area contributed by atoms with Gasteiger partial charge in [0.05, 0.1) is 12.7 Å². The number of esters is 1. The fourth-order valence-corrected chi connectivity index (χ4v) is 2.05. The lowest BCUT2D eigenvalue weighted by Gasteiger charge is -2.05. The number of nitrogens with one attached hydrogen (secondary N) is 1. The van der Waals surface area contributed by atoms with Crippen LogP contribution in [0.1, 0.15) is 26.3 Å². The third-order valence-corrected chi connectivity index (χ3v) is 3.55. The molecule has 0 aliphatic carbocycles. The van der Waals surface area contributed by atoms with Gasteiger partial charge in [-0.15, -0.1) is 0 Å². The van der Waals surface area contributed by atoms with Gasteiger partial charge in [0, 0.05) is 12.6 Å². The van der Waals surface area contributed by atoms with Gasteiger partial charge >= 0.3 is 5.97 Å². The molecule has 0 aromatic heterocycles. The second kappa shape index (κ2) is 9.17. The number of hydrogen-bond acceptors (Lipinski definition) is 5. The lowest BCUT2D eigenvalue weighted by Crippen LogP contribution is -2.24. The van der Waals surface area contributed by atoms with Gasteiger partial charge in [0.15, 0.2) is 12.4 Å². The summed E-state index contributed by atoms with van der Waals surface area (Å²) in [7, 11) is 2.85. The lowest BCUT2D eigenvalue weighted by atomic mass is 10.1. The summed E-state index contributed by atoms with van der Waals surface area (Å²) in [5.41, 5.74) is 1.74. The minimum absolute atomic E-state index is 0.0781. The molecular formula is C20H19NO5. The van der Waals surface area contributed by atoms with Crippen LogP contribution in [-0.2, 0) is 9.53 Å². The van der Waals surface area contributed by atoms with Crippen LogP contribution in [0.15, 0.2) is 54.6 Å². The summed E-state index contributed by atoms with van der Waals surface area (Å²) < 4.78 is 9.92. The first kappa shape index (κ1) is 18.9. The van der Waals surface area contributed by atoms with Crippen molar-refractivity contribution in [2.75, 3.05) is 20.8 Å². The number of ether oxygens (including phenoxy) is 2. The Morgan fingerprint density at radius 2 is 1.58 bits per heavy atom. The van der Waals surface area contributed by atoms with Gasteiger partial charge < -0.3 is 14.8 Å². The highest BCUT2D eigenvalue weighted by Crippen LogP contribution is 2.14. The van der Waals surface area contributed by atoms with Crippen LogP contribution in [0.2, 0.25) is 0 Å². The van der Waals surface area contributed by atoms with Crippen molar-refractivity contribution in [1.29, 1.82) is 0 Å². The summed E-state index contributed by atoms with van der Waals surface area (Å²) >= 11 is 0. The van der Waals surface area contributed by atoms with Gasteiger partial charge in [-0.2, -0.15) is 0 Å². The predicted octanol–water partition coefficient (Wildman–Crippen LogP) is 2.49. The first-order valence-corrected chi connectivity index (χ1v) is 7.87. The maximum Gasteiger partial charge on any atom is 0.337 e. The van der Waals surface area contributed by atoms with Crippen molar-refractivity contribution in [1.82, 2.24) is 5.32 Å². The van der Waals surface area contributed by atoms with Gasteiger partial charge in [-0.1, -0.05) is 18.2 Å². The molecule has 1 N–H and O–H groups in total. The van der Waals surface area contributed by atoms with E-state index in [1.807, 2.05) is 0 Å². The number of carbonyl (C=O) groups excluding carboxylic acids is 3. The van der Waals surface area contributed by atoms with Crippen LogP contribution in [-0.4, -0.2) is 38.4 Å². The summed E-state index contributed by atoms with van der Waals surface area (Å²) in [6.07, 6.45) is 3.12. The Labute approximate surface area is 151 Å². The molecule has 6 heteroatoms. The number of rotatable bonds is 7. The van der Waals surface area contributed by atoms with Crippen molar-refractivity contribution in [2.24, 2.45) is 0 Å². The standard InChI is InChI=1S/C20H19NO5/c1-21-19(23)13-26-17-10-8-15(9-11-17)18(22)12-5-14-3-6-16(7-4-14)20(24)25-2/h3-12H,13H2,1-2H3,(H,21,23)/b12-5+. The third-order valence-electron chi connectivity index (χ3n) is 3.55. The Balaban J connectivity index is 1.97. The molecule has 26 heavy (non-hydrogen) atoms. The molecule has 0 aliphatic heterocycles. The van der Waals surface area contributed by atoms with Gasteiger partial charge in [-0.3, -0.25) is 9.59 Å². The molecule has 0 atom stereocenters. The van der Waals surface area contributed by atoms with E-state index >= 15 is 0 Å². The molecule has 2 aromatic rings. The zero-order valence-electron chi connectivity index (χ0n) is 14.5. The topological polar surface area (TPSA) is 81.7 Å². The van der Waals surface area contributed by atoms with Crippen LogP contribution in [0.25, 0.3) is 6.08 Å². The van der Waals surface area contributed by atoms with Gasteiger partial charge in [-0.25, -0.2) is 4.79 Å². The Morgan fingerprint density at radius 1 is 0.962 bits per heavy atom. The number of benzene rings is 2. The molecule has 134 valence electrons. The molecule has 0 saturated carbocycles. The number of methoxy groups -OCH3 is 1. The molecular weight excluding hydrogens is 334 g/mol. The number of likely N-dealkylation sites (N-methyl/N-ethyl adjacent to an activating group) is 1. The van der Waals surface area contributed by atoms with E-state index in [1.54, 1.807) is 54.6 Å². The SMILES string of the molecule is CNC(=O)COc1ccc(C(=O)/C=C/c2ccc(C(=O)OC)cc2)cc1. The predicted molar refractivity (Wildman–Crippen MR) is 97.1 cm³/mol. The first-order valence-electron chi connectivity index (χ1n) is 7.87. The number of hydrogen-bond donors (Lipinski definition) is 1. The number of amides is 1. The molecule has 0 saturated heterocycles. The average molecular weight is 353 g/mol. The molecule has 0 heterocycles. The fraction of sp³-hybridized carbons (Fsp3) is 0.150. The van der Waals surface area contributed by atoms with Gasteiger partial charge in [0.25, 0.3) is 5.91 Å². The molecule has 1 amide bonds. The minimum Gasteiger partial charge on any atom is -0.484 e. The maximum absolute atomic E-state index is 12.2. The monoisotopic (exact) mass is 353 g/mol. The number of ketones is 1. The quantitative estimate of drug-likeness (QED) is 0.470. The van der Waals surface area contributed by atoms with Gasteiger partial charge in [0.2, 0.25) is 0 Å². The van der Waals surface area contributed by atoms with Crippen molar-refractivity contribution in [2.45, 2.75) is 0 Å². The summed E-state index contributed by atoms with van der Waals surface area (Å²) in [6, 6.07) is 13.3. The molecule has 2 rings (SSSR count). The van der Waals surface area contributed by atoms with Gasteiger partial charge in [0.1, 0.15) is 5.75 Å². The van der Waals surface area contributed by atoms with E-state index in [2.05, 4.69) is 10.1 Å². The normalized spacial score (nSPS) is 10.4. The second-order valence-corrected chi connectivity index (χ2v) is 5.30. The highest BCUT2D eigenvalue weighted by molar-refractivity contribution is 6.06. The molecule has 0 unspecified atom stereocenters. The number of carbonyl (C=O) groups is 3. The highest BCUT2D eigenvalue weighted by Gasteiger charge is 2.05. The molecule has 0 spiro atoms.